The Morgan fingerprint density at radius 2 is 1.95 bits per heavy atom. The van der Waals surface area contributed by atoms with Gasteiger partial charge in [-0.15, -0.1) is 0 Å². The molecule has 0 saturated heterocycles. The zero-order valence-electron chi connectivity index (χ0n) is 11.3. The van der Waals surface area contributed by atoms with Crippen molar-refractivity contribution in [3.63, 3.8) is 0 Å². The maximum atomic E-state index is 6.13. The average molecular weight is 393 g/mol. The molecule has 1 aromatic heterocycles. The minimum Gasteiger partial charge on any atom is -0.437 e. The van der Waals surface area contributed by atoms with Crippen LogP contribution in [0.4, 0.5) is 5.82 Å². The molecule has 0 bridgehead atoms. The molecule has 0 aliphatic heterocycles. The summed E-state index contributed by atoms with van der Waals surface area (Å²) in [6, 6.07) is 4.94. The van der Waals surface area contributed by atoms with Gasteiger partial charge in [0.25, 0.3) is 0 Å². The summed E-state index contributed by atoms with van der Waals surface area (Å²) >= 11 is 15.5. The molecule has 0 aliphatic rings. The summed E-state index contributed by atoms with van der Waals surface area (Å²) in [6.45, 7) is 0.278. The molecule has 0 radical (unpaired) electrons. The van der Waals surface area contributed by atoms with Crippen LogP contribution in [0, 0.1) is 0 Å². The Bertz CT molecular complexity index is 656. The Balaban J connectivity index is 2.34. The molecule has 5 nitrogen and oxygen atoms in total. The van der Waals surface area contributed by atoms with Gasteiger partial charge in [0.1, 0.15) is 18.2 Å². The van der Waals surface area contributed by atoms with E-state index in [2.05, 4.69) is 31.2 Å². The van der Waals surface area contributed by atoms with Crippen LogP contribution in [0.1, 0.15) is 5.82 Å². The molecule has 0 saturated carbocycles. The highest BCUT2D eigenvalue weighted by Crippen LogP contribution is 2.36. The second kappa shape index (κ2) is 7.26. The predicted molar refractivity (Wildman–Crippen MR) is 86.5 cm³/mol. The van der Waals surface area contributed by atoms with Gasteiger partial charge in [-0.3, -0.25) is 0 Å². The molecular formula is C13H12BrCl2N3O2. The van der Waals surface area contributed by atoms with Crippen LogP contribution in [0.15, 0.2) is 22.7 Å². The van der Waals surface area contributed by atoms with Gasteiger partial charge in [0.05, 0.1) is 10.0 Å². The number of anilines is 1. The van der Waals surface area contributed by atoms with Crippen LogP contribution in [0.25, 0.3) is 0 Å². The van der Waals surface area contributed by atoms with Crippen molar-refractivity contribution in [2.24, 2.45) is 0 Å². The summed E-state index contributed by atoms with van der Waals surface area (Å²) in [5.41, 5.74) is 0. The Labute approximate surface area is 140 Å². The average Bonchev–Trinajstić information content (AvgIpc) is 2.45. The van der Waals surface area contributed by atoms with Crippen molar-refractivity contribution < 1.29 is 9.47 Å². The first-order valence-electron chi connectivity index (χ1n) is 5.90. The lowest BCUT2D eigenvalue weighted by atomic mass is 10.3. The fourth-order valence-corrected chi connectivity index (χ4v) is 2.37. The first-order valence-corrected chi connectivity index (χ1v) is 7.45. The number of nitrogens with zero attached hydrogens (tertiary/aromatic N) is 2. The van der Waals surface area contributed by atoms with Gasteiger partial charge in [0.15, 0.2) is 5.82 Å². The lowest BCUT2D eigenvalue weighted by Gasteiger charge is -2.10. The molecule has 112 valence electrons. The number of rotatable bonds is 5. The minimum absolute atomic E-state index is 0.278. The van der Waals surface area contributed by atoms with E-state index in [0.717, 1.165) is 0 Å². The Morgan fingerprint density at radius 3 is 2.62 bits per heavy atom. The first kappa shape index (κ1) is 16.3. The van der Waals surface area contributed by atoms with Crippen LogP contribution in [-0.4, -0.2) is 24.1 Å². The summed E-state index contributed by atoms with van der Waals surface area (Å²) < 4.78 is 11.4. The van der Waals surface area contributed by atoms with Crippen molar-refractivity contribution in [2.45, 2.75) is 6.61 Å². The minimum atomic E-state index is 0.278. The Kier molecular flexibility index (Phi) is 5.64. The molecule has 1 heterocycles. The van der Waals surface area contributed by atoms with E-state index in [0.29, 0.717) is 37.8 Å². The second-order valence-corrected chi connectivity index (χ2v) is 5.66. The van der Waals surface area contributed by atoms with Crippen LogP contribution in [0.2, 0.25) is 10.0 Å². The van der Waals surface area contributed by atoms with Gasteiger partial charge < -0.3 is 14.8 Å². The lowest BCUT2D eigenvalue weighted by Crippen LogP contribution is -2.03. The van der Waals surface area contributed by atoms with Crippen molar-refractivity contribution in [2.75, 3.05) is 19.5 Å². The summed E-state index contributed by atoms with van der Waals surface area (Å²) in [5.74, 6) is 1.88. The highest BCUT2D eigenvalue weighted by Gasteiger charge is 2.11. The van der Waals surface area contributed by atoms with Crippen molar-refractivity contribution in [3.05, 3.63) is 38.5 Å². The van der Waals surface area contributed by atoms with Crippen molar-refractivity contribution >= 4 is 44.9 Å². The van der Waals surface area contributed by atoms with Gasteiger partial charge in [-0.2, -0.15) is 4.98 Å². The highest BCUT2D eigenvalue weighted by molar-refractivity contribution is 9.10. The third kappa shape index (κ3) is 4.20. The van der Waals surface area contributed by atoms with E-state index in [-0.39, 0.29) is 6.61 Å². The third-order valence-electron chi connectivity index (χ3n) is 2.47. The molecule has 2 rings (SSSR count). The Morgan fingerprint density at radius 1 is 1.19 bits per heavy atom. The largest absolute Gasteiger partial charge is 0.437 e. The van der Waals surface area contributed by atoms with E-state index >= 15 is 0 Å². The number of halogens is 3. The molecule has 0 amide bonds. The summed E-state index contributed by atoms with van der Waals surface area (Å²) in [4.78, 5) is 8.49. The molecule has 0 unspecified atom stereocenters. The monoisotopic (exact) mass is 391 g/mol. The maximum absolute atomic E-state index is 6.13. The summed E-state index contributed by atoms with van der Waals surface area (Å²) in [6.07, 6.45) is 0. The zero-order chi connectivity index (χ0) is 15.4. The van der Waals surface area contributed by atoms with Crippen LogP contribution in [0.3, 0.4) is 0 Å². The molecule has 1 aromatic carbocycles. The molecule has 2 aromatic rings. The first-order chi connectivity index (χ1) is 10.0. The van der Waals surface area contributed by atoms with Crippen molar-refractivity contribution in [1.82, 2.24) is 9.97 Å². The summed E-state index contributed by atoms with van der Waals surface area (Å²) in [5, 5.41) is 3.85. The van der Waals surface area contributed by atoms with Crippen LogP contribution >= 0.6 is 39.1 Å². The molecule has 1 N–H and O–H groups in total. The van der Waals surface area contributed by atoms with Gasteiger partial charge >= 0.3 is 0 Å². The zero-order valence-corrected chi connectivity index (χ0v) is 14.4. The molecular weight excluding hydrogens is 381 g/mol. The van der Waals surface area contributed by atoms with Gasteiger partial charge in [0, 0.05) is 30.8 Å². The fourth-order valence-electron chi connectivity index (χ4n) is 1.54. The van der Waals surface area contributed by atoms with E-state index in [1.165, 1.54) is 0 Å². The smallest absolute Gasteiger partial charge is 0.224 e. The van der Waals surface area contributed by atoms with Crippen LogP contribution < -0.4 is 10.1 Å². The quantitative estimate of drug-likeness (QED) is 0.757. The molecule has 0 aliphatic carbocycles. The predicted octanol–water partition coefficient (Wildman–Crippen LogP) is 4.53. The number of methoxy groups -OCH3 is 1. The maximum Gasteiger partial charge on any atom is 0.224 e. The summed E-state index contributed by atoms with van der Waals surface area (Å²) in [7, 11) is 3.33. The molecule has 0 atom stereocenters. The van der Waals surface area contributed by atoms with Crippen molar-refractivity contribution in [3.8, 4) is 11.6 Å². The van der Waals surface area contributed by atoms with Gasteiger partial charge in [-0.05, 0) is 22.0 Å². The van der Waals surface area contributed by atoms with Gasteiger partial charge in [-0.25, -0.2) is 4.98 Å². The van der Waals surface area contributed by atoms with Gasteiger partial charge in [0.2, 0.25) is 5.88 Å². The van der Waals surface area contributed by atoms with Crippen LogP contribution in [-0.2, 0) is 11.3 Å². The molecule has 8 heteroatoms. The second-order valence-electron chi connectivity index (χ2n) is 3.99. The standard InChI is InChI=1S/C13H12BrCl2N3O2/c1-17-11-5-13(19-12(18-11)6-20-2)21-10-4-8(15)7(14)3-9(10)16/h3-5H,6H2,1-2H3,(H,17,18,19). The molecule has 0 spiro atoms. The van der Waals surface area contributed by atoms with E-state index in [9.17, 15) is 0 Å². The topological polar surface area (TPSA) is 56.3 Å². The normalized spacial score (nSPS) is 10.5. The van der Waals surface area contributed by atoms with Crippen molar-refractivity contribution in [1.29, 1.82) is 0 Å². The fraction of sp³-hybridized carbons (Fsp3) is 0.231. The molecule has 21 heavy (non-hydrogen) atoms. The SMILES string of the molecule is CNc1cc(Oc2cc(Cl)c(Br)cc2Cl)nc(COC)n1. The Hall–Kier alpha value is -1.08. The van der Waals surface area contributed by atoms with E-state index in [1.807, 2.05) is 0 Å². The third-order valence-corrected chi connectivity index (χ3v) is 3.96. The lowest BCUT2D eigenvalue weighted by molar-refractivity contribution is 0.177. The number of hydrogen-bond donors (Lipinski definition) is 1. The highest BCUT2D eigenvalue weighted by atomic mass is 79.9. The number of benzene rings is 1. The molecule has 0 fully saturated rings. The van der Waals surface area contributed by atoms with E-state index < -0.39 is 0 Å². The van der Waals surface area contributed by atoms with Crippen LogP contribution in [0.5, 0.6) is 11.6 Å². The van der Waals surface area contributed by atoms with E-state index in [1.54, 1.807) is 32.4 Å². The number of hydrogen-bond acceptors (Lipinski definition) is 5. The number of nitrogens with one attached hydrogen (secondary N) is 1. The number of ether oxygens (including phenoxy) is 2. The van der Waals surface area contributed by atoms with E-state index in [4.69, 9.17) is 32.7 Å². The number of aromatic nitrogens is 2. The van der Waals surface area contributed by atoms with Gasteiger partial charge in [-0.1, -0.05) is 23.2 Å².